The van der Waals surface area contributed by atoms with Gasteiger partial charge in [-0.1, -0.05) is 43.3 Å². The number of hydrazone groups is 1. The summed E-state index contributed by atoms with van der Waals surface area (Å²) in [4.78, 5) is 26.3. The van der Waals surface area contributed by atoms with Crippen molar-refractivity contribution in [1.82, 2.24) is 15.2 Å². The van der Waals surface area contributed by atoms with Crippen LogP contribution >= 0.6 is 0 Å². The molecule has 3 rings (SSSR count). The predicted molar refractivity (Wildman–Crippen MR) is 110 cm³/mol. The Morgan fingerprint density at radius 1 is 1.13 bits per heavy atom. The molecule has 8 heteroatoms. The number of rotatable bonds is 6. The monoisotopic (exact) mass is 414 g/mol. The van der Waals surface area contributed by atoms with Crippen LogP contribution in [0.1, 0.15) is 36.9 Å². The molecule has 0 bridgehead atoms. The molecule has 3 amide bonds. The molecule has 1 heterocycles. The van der Waals surface area contributed by atoms with Crippen LogP contribution in [0, 0.1) is 11.6 Å². The summed E-state index contributed by atoms with van der Waals surface area (Å²) in [5.74, 6) is -1.42. The molecule has 30 heavy (non-hydrogen) atoms. The van der Waals surface area contributed by atoms with E-state index >= 15 is 0 Å². The van der Waals surface area contributed by atoms with E-state index in [0.717, 1.165) is 11.4 Å². The maximum absolute atomic E-state index is 14.5. The lowest BCUT2D eigenvalue weighted by Crippen LogP contribution is -2.43. The number of urea groups is 1. The number of hydrogen-bond donors (Lipinski definition) is 1. The molecule has 1 aliphatic heterocycles. The lowest BCUT2D eigenvalue weighted by atomic mass is 9.97. The van der Waals surface area contributed by atoms with E-state index in [9.17, 15) is 18.4 Å². The molecule has 1 atom stereocenters. The Morgan fingerprint density at radius 2 is 1.80 bits per heavy atom. The first-order valence-electron chi connectivity index (χ1n) is 9.80. The highest BCUT2D eigenvalue weighted by Gasteiger charge is 2.35. The first-order chi connectivity index (χ1) is 14.4. The number of hydrogen-bond acceptors (Lipinski definition) is 3. The number of nitrogens with one attached hydrogen (secondary N) is 1. The third kappa shape index (κ3) is 4.64. The van der Waals surface area contributed by atoms with E-state index in [1.807, 2.05) is 6.92 Å². The van der Waals surface area contributed by atoms with Gasteiger partial charge in [-0.3, -0.25) is 4.79 Å². The van der Waals surface area contributed by atoms with E-state index < -0.39 is 23.6 Å². The van der Waals surface area contributed by atoms with Gasteiger partial charge in [0.1, 0.15) is 18.2 Å². The van der Waals surface area contributed by atoms with Crippen LogP contribution in [0.2, 0.25) is 0 Å². The highest BCUT2D eigenvalue weighted by molar-refractivity contribution is 6.03. The lowest BCUT2D eigenvalue weighted by molar-refractivity contribution is -0.133. The molecule has 0 spiro atoms. The molecular formula is C22H24F2N4O2. The maximum Gasteiger partial charge on any atom is 0.317 e. The largest absolute Gasteiger partial charge is 0.338 e. The Bertz CT molecular complexity index is 964. The van der Waals surface area contributed by atoms with Gasteiger partial charge >= 0.3 is 6.03 Å². The van der Waals surface area contributed by atoms with E-state index in [2.05, 4.69) is 10.4 Å². The van der Waals surface area contributed by atoms with Crippen LogP contribution in [-0.2, 0) is 4.79 Å². The number of amides is 3. The summed E-state index contributed by atoms with van der Waals surface area (Å²) in [7, 11) is 1.50. The fourth-order valence-corrected chi connectivity index (χ4v) is 3.30. The Labute approximate surface area is 174 Å². The van der Waals surface area contributed by atoms with Gasteiger partial charge in [-0.2, -0.15) is 5.10 Å². The molecule has 6 nitrogen and oxygen atoms in total. The van der Waals surface area contributed by atoms with E-state index in [-0.39, 0.29) is 24.6 Å². The normalized spacial score (nSPS) is 15.7. The van der Waals surface area contributed by atoms with Gasteiger partial charge in [0.05, 0.1) is 11.8 Å². The molecule has 0 aliphatic carbocycles. The first-order valence-corrected chi connectivity index (χ1v) is 9.80. The van der Waals surface area contributed by atoms with Crippen molar-refractivity contribution in [2.45, 2.75) is 25.8 Å². The third-order valence-corrected chi connectivity index (χ3v) is 4.86. The number of carbonyl (C=O) groups excluding carboxylic acids is 2. The molecule has 0 saturated heterocycles. The van der Waals surface area contributed by atoms with Crippen LogP contribution in [0.4, 0.5) is 13.6 Å². The molecule has 2 aromatic rings. The smallest absolute Gasteiger partial charge is 0.317 e. The number of nitrogens with zero attached hydrogens (tertiary/aromatic N) is 3. The van der Waals surface area contributed by atoms with Gasteiger partial charge < -0.3 is 10.2 Å². The molecular weight excluding hydrogens is 390 g/mol. The first kappa shape index (κ1) is 21.4. The number of likely N-dealkylation sites (N-methyl/N-ethyl adjacent to an activating group) is 1. The average molecular weight is 414 g/mol. The highest BCUT2D eigenvalue weighted by atomic mass is 19.1. The second-order valence-corrected chi connectivity index (χ2v) is 7.09. The minimum absolute atomic E-state index is 0.166. The SMILES string of the molecule is CCCNC(=O)N(C)CC(=O)N1N=C(c2ccccc2F)C[C@@H]1c1ccccc1F. The molecule has 0 radical (unpaired) electrons. The summed E-state index contributed by atoms with van der Waals surface area (Å²) in [6, 6.07) is 11.1. The van der Waals surface area contributed by atoms with E-state index in [4.69, 9.17) is 0 Å². The van der Waals surface area contributed by atoms with Crippen LogP contribution < -0.4 is 5.32 Å². The molecule has 2 aromatic carbocycles. The van der Waals surface area contributed by atoms with Crippen molar-refractivity contribution in [2.75, 3.05) is 20.1 Å². The highest BCUT2D eigenvalue weighted by Crippen LogP contribution is 2.34. The Morgan fingerprint density at radius 3 is 2.47 bits per heavy atom. The van der Waals surface area contributed by atoms with Crippen molar-refractivity contribution >= 4 is 17.6 Å². The maximum atomic E-state index is 14.5. The van der Waals surface area contributed by atoms with Crippen LogP contribution in [0.5, 0.6) is 0 Å². The molecule has 1 N–H and O–H groups in total. The van der Waals surface area contributed by atoms with Gasteiger partial charge in [-0.05, 0) is 18.6 Å². The molecule has 0 aromatic heterocycles. The topological polar surface area (TPSA) is 65.0 Å². The van der Waals surface area contributed by atoms with Crippen molar-refractivity contribution in [3.8, 4) is 0 Å². The van der Waals surface area contributed by atoms with Crippen LogP contribution in [0.15, 0.2) is 53.6 Å². The molecule has 0 fully saturated rings. The van der Waals surface area contributed by atoms with Gasteiger partial charge in [0.25, 0.3) is 5.91 Å². The summed E-state index contributed by atoms with van der Waals surface area (Å²) in [6.45, 7) is 2.18. The van der Waals surface area contributed by atoms with Gasteiger partial charge in [0.2, 0.25) is 0 Å². The number of benzene rings is 2. The van der Waals surface area contributed by atoms with Gasteiger partial charge in [-0.25, -0.2) is 18.6 Å². The Balaban J connectivity index is 1.88. The molecule has 0 saturated carbocycles. The summed E-state index contributed by atoms with van der Waals surface area (Å²) >= 11 is 0. The van der Waals surface area contributed by atoms with Crippen LogP contribution in [0.3, 0.4) is 0 Å². The third-order valence-electron chi connectivity index (χ3n) is 4.86. The summed E-state index contributed by atoms with van der Waals surface area (Å²) in [6.07, 6.45) is 0.935. The van der Waals surface area contributed by atoms with Crippen molar-refractivity contribution in [2.24, 2.45) is 5.10 Å². The zero-order valence-electron chi connectivity index (χ0n) is 16.9. The van der Waals surface area contributed by atoms with E-state index in [1.54, 1.807) is 36.4 Å². The second-order valence-electron chi connectivity index (χ2n) is 7.09. The molecule has 0 unspecified atom stereocenters. The zero-order valence-corrected chi connectivity index (χ0v) is 16.9. The van der Waals surface area contributed by atoms with Crippen molar-refractivity contribution in [3.05, 3.63) is 71.3 Å². The second kappa shape index (κ2) is 9.47. The summed E-state index contributed by atoms with van der Waals surface area (Å²) in [5.41, 5.74) is 0.912. The predicted octanol–water partition coefficient (Wildman–Crippen LogP) is 3.69. The molecule has 1 aliphatic rings. The van der Waals surface area contributed by atoms with Crippen LogP contribution in [0.25, 0.3) is 0 Å². The molecule has 158 valence electrons. The number of halogens is 2. The average Bonchev–Trinajstić information content (AvgIpc) is 3.17. The minimum atomic E-state index is -0.722. The van der Waals surface area contributed by atoms with Crippen molar-refractivity contribution in [3.63, 3.8) is 0 Å². The zero-order chi connectivity index (χ0) is 21.7. The lowest BCUT2D eigenvalue weighted by Gasteiger charge is -2.25. The number of carbonyl (C=O) groups is 2. The standard InChI is InChI=1S/C22H24F2N4O2/c1-3-12-25-22(30)27(2)14-21(29)28-20(16-9-5-7-11-18(16)24)13-19(26-28)15-8-4-6-10-17(15)23/h4-11,20H,3,12-14H2,1-2H3,(H,25,30)/t20-/m1/s1. The Kier molecular flexibility index (Phi) is 6.76. The minimum Gasteiger partial charge on any atom is -0.338 e. The van der Waals surface area contributed by atoms with Crippen molar-refractivity contribution in [1.29, 1.82) is 0 Å². The van der Waals surface area contributed by atoms with Crippen molar-refractivity contribution < 1.29 is 18.4 Å². The fourth-order valence-electron chi connectivity index (χ4n) is 3.30. The van der Waals surface area contributed by atoms with Gasteiger partial charge in [-0.15, -0.1) is 0 Å². The van der Waals surface area contributed by atoms with E-state index in [1.165, 1.54) is 24.1 Å². The summed E-state index contributed by atoms with van der Waals surface area (Å²) in [5, 5.41) is 8.18. The van der Waals surface area contributed by atoms with Crippen LogP contribution in [-0.4, -0.2) is 47.7 Å². The summed E-state index contributed by atoms with van der Waals surface area (Å²) < 4.78 is 28.8. The fraction of sp³-hybridized carbons (Fsp3) is 0.318. The van der Waals surface area contributed by atoms with E-state index in [0.29, 0.717) is 17.8 Å². The quantitative estimate of drug-likeness (QED) is 0.784. The van der Waals surface area contributed by atoms with Gasteiger partial charge in [0.15, 0.2) is 0 Å². The Hall–Kier alpha value is -3.29. The van der Waals surface area contributed by atoms with Gasteiger partial charge in [0, 0.05) is 31.1 Å².